The Labute approximate surface area is 218 Å². The van der Waals surface area contributed by atoms with Crippen molar-refractivity contribution in [3.63, 3.8) is 0 Å². The molecular weight excluding hydrogens is 502 g/mol. The van der Waals surface area contributed by atoms with E-state index < -0.39 is 0 Å². The summed E-state index contributed by atoms with van der Waals surface area (Å²) in [4.78, 5) is 31.7. The van der Waals surface area contributed by atoms with E-state index in [1.54, 1.807) is 6.92 Å². The Morgan fingerprint density at radius 3 is 2.14 bits per heavy atom. The lowest BCUT2D eigenvalue weighted by Crippen LogP contribution is -2.58. The third kappa shape index (κ3) is 6.34. The van der Waals surface area contributed by atoms with Crippen molar-refractivity contribution >= 4 is 27.7 Å². The Hall–Kier alpha value is -2.18. The Bertz CT molecular complexity index is 987. The topological polar surface area (TPSA) is 43.9 Å². The molecule has 2 aromatic rings. The van der Waals surface area contributed by atoms with Gasteiger partial charge in [-0.1, -0.05) is 72.2 Å². The second kappa shape index (κ2) is 11.7. The minimum absolute atomic E-state index is 0.143. The average Bonchev–Trinajstić information content (AvgIpc) is 2.86. The minimum Gasteiger partial charge on any atom is -0.343 e. The number of hydrogen-bond acceptors (Lipinski definition) is 3. The van der Waals surface area contributed by atoms with Gasteiger partial charge in [0.2, 0.25) is 11.8 Å². The summed E-state index contributed by atoms with van der Waals surface area (Å²) in [5, 5.41) is 0. The van der Waals surface area contributed by atoms with Crippen LogP contribution in [0.2, 0.25) is 0 Å². The van der Waals surface area contributed by atoms with Crippen LogP contribution in [0, 0.1) is 11.8 Å². The molecule has 2 fully saturated rings. The van der Waals surface area contributed by atoms with Crippen LogP contribution < -0.4 is 0 Å². The zero-order chi connectivity index (χ0) is 24.9. The lowest BCUT2D eigenvalue weighted by molar-refractivity contribution is -0.139. The summed E-state index contributed by atoms with van der Waals surface area (Å²) in [6.45, 7) is 10.1. The van der Waals surface area contributed by atoms with Crippen LogP contribution in [-0.4, -0.2) is 65.3 Å². The van der Waals surface area contributed by atoms with Gasteiger partial charge in [0, 0.05) is 56.6 Å². The van der Waals surface area contributed by atoms with Gasteiger partial charge in [0.15, 0.2) is 0 Å². The van der Waals surface area contributed by atoms with Crippen molar-refractivity contribution < 1.29 is 9.59 Å². The van der Waals surface area contributed by atoms with Crippen molar-refractivity contribution in [1.29, 1.82) is 0 Å². The molecule has 0 bridgehead atoms. The van der Waals surface area contributed by atoms with Gasteiger partial charge in [-0.2, -0.15) is 0 Å². The van der Waals surface area contributed by atoms with Gasteiger partial charge in [-0.25, -0.2) is 0 Å². The van der Waals surface area contributed by atoms with Gasteiger partial charge in [-0.05, 0) is 47.9 Å². The molecule has 0 aromatic heterocycles. The second-order valence-corrected chi connectivity index (χ2v) is 11.3. The van der Waals surface area contributed by atoms with Crippen molar-refractivity contribution in [3.8, 4) is 0 Å². The Morgan fingerprint density at radius 1 is 0.914 bits per heavy atom. The standard InChI is InChI=1S/C29H38BrN3O2/c1-21(2)27-20-32(29(24-7-5-4-6-8-24)25-9-11-26(30)12-10-25)17-18-33(27)28(35)19-23-13-15-31(16-14-23)22(3)34/h4-12,21,23,27,29H,13-20H2,1-3H3/t27-,29?/m1/s1. The van der Waals surface area contributed by atoms with E-state index in [0.717, 1.165) is 50.0 Å². The van der Waals surface area contributed by atoms with E-state index in [1.807, 2.05) is 4.90 Å². The number of likely N-dealkylation sites (tertiary alicyclic amines) is 1. The largest absolute Gasteiger partial charge is 0.343 e. The molecule has 2 aliphatic heterocycles. The van der Waals surface area contributed by atoms with Gasteiger partial charge in [-0.3, -0.25) is 14.5 Å². The summed E-state index contributed by atoms with van der Waals surface area (Å²) < 4.78 is 1.08. The SMILES string of the molecule is CC(=O)N1CCC(CC(=O)N2CCN(C(c3ccccc3)c3ccc(Br)cc3)C[C@@H]2C(C)C)CC1. The Kier molecular flexibility index (Phi) is 8.66. The molecule has 2 aliphatic rings. The first-order valence-corrected chi connectivity index (χ1v) is 13.7. The molecule has 0 saturated carbocycles. The first-order valence-electron chi connectivity index (χ1n) is 12.9. The lowest BCUT2D eigenvalue weighted by atomic mass is 9.90. The molecule has 2 heterocycles. The first kappa shape index (κ1) is 25.9. The molecule has 0 radical (unpaired) electrons. The zero-order valence-corrected chi connectivity index (χ0v) is 22.8. The van der Waals surface area contributed by atoms with Crippen LogP contribution >= 0.6 is 15.9 Å². The number of amides is 2. The number of piperazine rings is 1. The smallest absolute Gasteiger partial charge is 0.223 e. The summed E-state index contributed by atoms with van der Waals surface area (Å²) in [6, 6.07) is 19.7. The summed E-state index contributed by atoms with van der Waals surface area (Å²) in [5.41, 5.74) is 2.56. The van der Waals surface area contributed by atoms with E-state index in [-0.39, 0.29) is 23.9 Å². The highest BCUT2D eigenvalue weighted by Gasteiger charge is 2.36. The van der Waals surface area contributed by atoms with Crippen molar-refractivity contribution in [2.45, 2.75) is 52.1 Å². The molecule has 1 unspecified atom stereocenters. The average molecular weight is 541 g/mol. The fourth-order valence-electron chi connectivity index (χ4n) is 5.66. The number of piperidine rings is 1. The van der Waals surface area contributed by atoms with Crippen LogP contribution in [0.25, 0.3) is 0 Å². The van der Waals surface area contributed by atoms with Crippen molar-refractivity contribution in [1.82, 2.24) is 14.7 Å². The predicted molar refractivity (Wildman–Crippen MR) is 144 cm³/mol. The summed E-state index contributed by atoms with van der Waals surface area (Å²) >= 11 is 3.57. The van der Waals surface area contributed by atoms with Crippen molar-refractivity contribution in [2.75, 3.05) is 32.7 Å². The molecule has 0 spiro atoms. The van der Waals surface area contributed by atoms with Crippen LogP contribution in [0.5, 0.6) is 0 Å². The lowest BCUT2D eigenvalue weighted by Gasteiger charge is -2.47. The van der Waals surface area contributed by atoms with Crippen LogP contribution in [0.1, 0.15) is 57.2 Å². The van der Waals surface area contributed by atoms with Gasteiger partial charge in [0.1, 0.15) is 0 Å². The maximum Gasteiger partial charge on any atom is 0.223 e. The second-order valence-electron chi connectivity index (χ2n) is 10.4. The number of nitrogens with zero attached hydrogens (tertiary/aromatic N) is 3. The molecule has 2 saturated heterocycles. The molecule has 2 aromatic carbocycles. The van der Waals surface area contributed by atoms with Crippen LogP contribution in [0.3, 0.4) is 0 Å². The van der Waals surface area contributed by atoms with Gasteiger partial charge in [0.25, 0.3) is 0 Å². The predicted octanol–water partition coefficient (Wildman–Crippen LogP) is 5.36. The number of hydrogen-bond donors (Lipinski definition) is 0. The molecular formula is C29H38BrN3O2. The maximum atomic E-state index is 13.5. The van der Waals surface area contributed by atoms with Crippen molar-refractivity contribution in [2.24, 2.45) is 11.8 Å². The maximum absolute atomic E-state index is 13.5. The fourth-order valence-corrected chi connectivity index (χ4v) is 5.92. The van der Waals surface area contributed by atoms with Gasteiger partial charge >= 0.3 is 0 Å². The monoisotopic (exact) mass is 539 g/mol. The highest BCUT2D eigenvalue weighted by atomic mass is 79.9. The zero-order valence-electron chi connectivity index (χ0n) is 21.2. The molecule has 4 rings (SSSR count). The molecule has 5 nitrogen and oxygen atoms in total. The molecule has 6 heteroatoms. The quantitative estimate of drug-likeness (QED) is 0.496. The number of benzene rings is 2. The molecule has 2 atom stereocenters. The molecule has 0 aliphatic carbocycles. The van der Waals surface area contributed by atoms with E-state index in [0.29, 0.717) is 18.3 Å². The molecule has 188 valence electrons. The highest BCUT2D eigenvalue weighted by molar-refractivity contribution is 9.10. The van der Waals surface area contributed by atoms with Gasteiger partial charge < -0.3 is 9.80 Å². The van der Waals surface area contributed by atoms with Gasteiger partial charge in [-0.15, -0.1) is 0 Å². The van der Waals surface area contributed by atoms with Crippen LogP contribution in [0.4, 0.5) is 0 Å². The summed E-state index contributed by atoms with van der Waals surface area (Å²) in [6.07, 6.45) is 2.46. The molecule has 2 amide bonds. The number of rotatable bonds is 6. The van der Waals surface area contributed by atoms with Gasteiger partial charge in [0.05, 0.1) is 6.04 Å². The Morgan fingerprint density at radius 2 is 1.54 bits per heavy atom. The van der Waals surface area contributed by atoms with E-state index in [4.69, 9.17) is 0 Å². The fraction of sp³-hybridized carbons (Fsp3) is 0.517. The first-order chi connectivity index (χ1) is 16.8. The summed E-state index contributed by atoms with van der Waals surface area (Å²) in [7, 11) is 0. The minimum atomic E-state index is 0.143. The normalized spacial score (nSPS) is 20.8. The Balaban J connectivity index is 1.48. The number of carbonyl (C=O) groups excluding carboxylic acids is 2. The van der Waals surface area contributed by atoms with E-state index >= 15 is 0 Å². The number of halogens is 1. The van der Waals surface area contributed by atoms with E-state index in [9.17, 15) is 9.59 Å². The van der Waals surface area contributed by atoms with Crippen LogP contribution in [-0.2, 0) is 9.59 Å². The third-order valence-electron chi connectivity index (χ3n) is 7.73. The number of carbonyl (C=O) groups is 2. The summed E-state index contributed by atoms with van der Waals surface area (Å²) in [5.74, 6) is 1.18. The molecule has 0 N–H and O–H groups in total. The van der Waals surface area contributed by atoms with Crippen LogP contribution in [0.15, 0.2) is 59.1 Å². The van der Waals surface area contributed by atoms with E-state index in [2.05, 4.69) is 94.2 Å². The van der Waals surface area contributed by atoms with Crippen molar-refractivity contribution in [3.05, 3.63) is 70.2 Å². The molecule has 35 heavy (non-hydrogen) atoms. The third-order valence-corrected chi connectivity index (χ3v) is 8.26. The highest BCUT2D eigenvalue weighted by Crippen LogP contribution is 2.33. The van der Waals surface area contributed by atoms with E-state index in [1.165, 1.54) is 11.1 Å².